The van der Waals surface area contributed by atoms with Crippen LogP contribution in [-0.2, 0) is 16.1 Å². The van der Waals surface area contributed by atoms with Crippen LogP contribution in [0.3, 0.4) is 0 Å². The number of ether oxygens (including phenoxy) is 1. The summed E-state index contributed by atoms with van der Waals surface area (Å²) < 4.78 is 4.61. The number of hydrogen-bond donors (Lipinski definition) is 1. The van der Waals surface area contributed by atoms with Crippen molar-refractivity contribution in [3.63, 3.8) is 0 Å². The summed E-state index contributed by atoms with van der Waals surface area (Å²) >= 11 is 0. The van der Waals surface area contributed by atoms with Gasteiger partial charge in [0.2, 0.25) is 0 Å². The molecule has 0 bridgehead atoms. The zero-order valence-electron chi connectivity index (χ0n) is 12.6. The van der Waals surface area contributed by atoms with Crippen molar-refractivity contribution in [2.45, 2.75) is 19.9 Å². The molecule has 1 rings (SSSR count). The van der Waals surface area contributed by atoms with Gasteiger partial charge in [0.1, 0.15) is 0 Å². The zero-order valence-corrected chi connectivity index (χ0v) is 12.6. The highest BCUT2D eigenvalue weighted by Gasteiger charge is 2.08. The van der Waals surface area contributed by atoms with Gasteiger partial charge in [-0.2, -0.15) is 0 Å². The number of carbonyl (C=O) groups excluding carboxylic acids is 1. The molecule has 0 saturated carbocycles. The SMILES string of the molecule is CN=C(NCCC(=O)OC)N(C)Cc1ccccc1C. The highest BCUT2D eigenvalue weighted by atomic mass is 16.5. The lowest BCUT2D eigenvalue weighted by Gasteiger charge is -2.22. The molecule has 0 radical (unpaired) electrons. The lowest BCUT2D eigenvalue weighted by atomic mass is 10.1. The molecule has 0 amide bonds. The number of guanidine groups is 1. The number of rotatable bonds is 5. The van der Waals surface area contributed by atoms with Gasteiger partial charge >= 0.3 is 5.97 Å². The van der Waals surface area contributed by atoms with Crippen molar-refractivity contribution in [3.05, 3.63) is 35.4 Å². The molecule has 0 aromatic heterocycles. The molecule has 0 saturated heterocycles. The number of hydrogen-bond acceptors (Lipinski definition) is 3. The normalized spacial score (nSPS) is 11.1. The Hall–Kier alpha value is -2.04. The van der Waals surface area contributed by atoms with E-state index in [1.165, 1.54) is 18.2 Å². The molecular weight excluding hydrogens is 254 g/mol. The standard InChI is InChI=1S/C15H23N3O2/c1-12-7-5-6-8-13(12)11-18(3)15(16-2)17-10-9-14(19)20-4/h5-8H,9-11H2,1-4H3,(H,16,17). The lowest BCUT2D eigenvalue weighted by Crippen LogP contribution is -2.39. The molecule has 0 unspecified atom stereocenters. The van der Waals surface area contributed by atoms with Crippen molar-refractivity contribution in [3.8, 4) is 0 Å². The van der Waals surface area contributed by atoms with E-state index in [9.17, 15) is 4.79 Å². The van der Waals surface area contributed by atoms with Gasteiger partial charge in [0.05, 0.1) is 13.5 Å². The van der Waals surface area contributed by atoms with Crippen LogP contribution in [0.15, 0.2) is 29.3 Å². The first-order chi connectivity index (χ1) is 9.58. The summed E-state index contributed by atoms with van der Waals surface area (Å²) in [4.78, 5) is 17.3. The highest BCUT2D eigenvalue weighted by molar-refractivity contribution is 5.80. The fourth-order valence-electron chi connectivity index (χ4n) is 1.88. The highest BCUT2D eigenvalue weighted by Crippen LogP contribution is 2.09. The molecule has 0 aliphatic carbocycles. The van der Waals surface area contributed by atoms with Crippen molar-refractivity contribution in [2.24, 2.45) is 4.99 Å². The Morgan fingerprint density at radius 2 is 2.10 bits per heavy atom. The third kappa shape index (κ3) is 4.91. The van der Waals surface area contributed by atoms with Crippen molar-refractivity contribution in [1.29, 1.82) is 0 Å². The molecule has 5 nitrogen and oxygen atoms in total. The molecule has 0 heterocycles. The van der Waals surface area contributed by atoms with Gasteiger partial charge in [-0.15, -0.1) is 0 Å². The predicted octanol–water partition coefficient (Wildman–Crippen LogP) is 1.57. The average Bonchev–Trinajstić information content (AvgIpc) is 2.45. The molecule has 1 aromatic rings. The number of esters is 1. The van der Waals surface area contributed by atoms with Crippen LogP contribution in [-0.4, -0.2) is 44.6 Å². The molecular formula is C15H23N3O2. The van der Waals surface area contributed by atoms with Gasteiger partial charge in [-0.1, -0.05) is 24.3 Å². The summed E-state index contributed by atoms with van der Waals surface area (Å²) in [5.74, 6) is 0.534. The number of aliphatic imine (C=N–C) groups is 1. The summed E-state index contributed by atoms with van der Waals surface area (Å²) in [6.07, 6.45) is 0.327. The summed E-state index contributed by atoms with van der Waals surface area (Å²) in [6, 6.07) is 8.26. The summed E-state index contributed by atoms with van der Waals surface area (Å²) in [6.45, 7) is 3.37. The Morgan fingerprint density at radius 1 is 1.40 bits per heavy atom. The van der Waals surface area contributed by atoms with Gasteiger partial charge in [0, 0.05) is 27.2 Å². The first kappa shape index (κ1) is 16.0. The fourth-order valence-corrected chi connectivity index (χ4v) is 1.88. The zero-order chi connectivity index (χ0) is 15.0. The van der Waals surface area contributed by atoms with Crippen LogP contribution in [0.2, 0.25) is 0 Å². The van der Waals surface area contributed by atoms with Crippen LogP contribution in [0.5, 0.6) is 0 Å². The molecule has 0 aliphatic rings. The van der Waals surface area contributed by atoms with Gasteiger partial charge in [-0.3, -0.25) is 9.79 Å². The van der Waals surface area contributed by atoms with Crippen molar-refractivity contribution < 1.29 is 9.53 Å². The molecule has 0 fully saturated rings. The van der Waals surface area contributed by atoms with Crippen molar-refractivity contribution in [1.82, 2.24) is 10.2 Å². The minimum absolute atomic E-state index is 0.227. The number of aryl methyl sites for hydroxylation is 1. The van der Waals surface area contributed by atoms with Crippen LogP contribution in [0.4, 0.5) is 0 Å². The second-order valence-electron chi connectivity index (χ2n) is 4.58. The largest absolute Gasteiger partial charge is 0.469 e. The van der Waals surface area contributed by atoms with Crippen molar-refractivity contribution in [2.75, 3.05) is 27.7 Å². The monoisotopic (exact) mass is 277 g/mol. The van der Waals surface area contributed by atoms with E-state index in [4.69, 9.17) is 0 Å². The first-order valence-electron chi connectivity index (χ1n) is 6.61. The average molecular weight is 277 g/mol. The third-order valence-electron chi connectivity index (χ3n) is 3.08. The third-order valence-corrected chi connectivity index (χ3v) is 3.08. The predicted molar refractivity (Wildman–Crippen MR) is 80.6 cm³/mol. The van der Waals surface area contributed by atoms with E-state index < -0.39 is 0 Å². The summed E-state index contributed by atoms with van der Waals surface area (Å²) in [5.41, 5.74) is 2.51. The fraction of sp³-hybridized carbons (Fsp3) is 0.467. The number of benzene rings is 1. The van der Waals surface area contributed by atoms with Crippen LogP contribution in [0.25, 0.3) is 0 Å². The van der Waals surface area contributed by atoms with Crippen LogP contribution >= 0.6 is 0 Å². The molecule has 20 heavy (non-hydrogen) atoms. The maximum Gasteiger partial charge on any atom is 0.307 e. The van der Waals surface area contributed by atoms with Gasteiger partial charge in [-0.25, -0.2) is 0 Å². The lowest BCUT2D eigenvalue weighted by molar-refractivity contribution is -0.140. The number of carbonyl (C=O) groups is 1. The Kier molecular flexibility index (Phi) is 6.56. The maximum atomic E-state index is 11.1. The molecule has 1 aromatic carbocycles. The molecule has 5 heteroatoms. The number of methoxy groups -OCH3 is 1. The van der Waals surface area contributed by atoms with E-state index in [1.807, 2.05) is 24.1 Å². The van der Waals surface area contributed by atoms with Crippen LogP contribution < -0.4 is 5.32 Å². The molecule has 110 valence electrons. The minimum atomic E-state index is -0.227. The second-order valence-corrected chi connectivity index (χ2v) is 4.58. The van der Waals surface area contributed by atoms with E-state index in [2.05, 4.69) is 34.1 Å². The topological polar surface area (TPSA) is 53.9 Å². The number of nitrogens with zero attached hydrogens (tertiary/aromatic N) is 2. The first-order valence-corrected chi connectivity index (χ1v) is 6.61. The van der Waals surface area contributed by atoms with E-state index in [1.54, 1.807) is 7.05 Å². The van der Waals surface area contributed by atoms with Gasteiger partial charge in [0.15, 0.2) is 5.96 Å². The Balaban J connectivity index is 2.53. The van der Waals surface area contributed by atoms with Crippen molar-refractivity contribution >= 4 is 11.9 Å². The molecule has 0 aliphatic heterocycles. The van der Waals surface area contributed by atoms with Crippen LogP contribution in [0, 0.1) is 6.92 Å². The van der Waals surface area contributed by atoms with E-state index in [0.29, 0.717) is 13.0 Å². The summed E-state index contributed by atoms with van der Waals surface area (Å²) in [5, 5.41) is 3.15. The van der Waals surface area contributed by atoms with Gasteiger partial charge < -0.3 is 15.0 Å². The van der Waals surface area contributed by atoms with Gasteiger partial charge in [-0.05, 0) is 18.1 Å². The quantitative estimate of drug-likeness (QED) is 0.504. The van der Waals surface area contributed by atoms with E-state index >= 15 is 0 Å². The van der Waals surface area contributed by atoms with Crippen LogP contribution in [0.1, 0.15) is 17.5 Å². The van der Waals surface area contributed by atoms with E-state index in [-0.39, 0.29) is 5.97 Å². The maximum absolute atomic E-state index is 11.1. The van der Waals surface area contributed by atoms with E-state index in [0.717, 1.165) is 12.5 Å². The minimum Gasteiger partial charge on any atom is -0.469 e. The number of nitrogens with one attached hydrogen (secondary N) is 1. The second kappa shape index (κ2) is 8.19. The Morgan fingerprint density at radius 3 is 2.70 bits per heavy atom. The summed E-state index contributed by atoms with van der Waals surface area (Å²) in [7, 11) is 5.09. The smallest absolute Gasteiger partial charge is 0.307 e. The molecule has 1 N–H and O–H groups in total. The van der Waals surface area contributed by atoms with Gasteiger partial charge in [0.25, 0.3) is 0 Å². The Bertz CT molecular complexity index is 472. The Labute approximate surface area is 120 Å². The molecule has 0 spiro atoms. The molecule has 0 atom stereocenters.